The molecule has 1 aromatic rings. The van der Waals surface area contributed by atoms with Crippen molar-refractivity contribution in [3.63, 3.8) is 0 Å². The van der Waals surface area contributed by atoms with Crippen molar-refractivity contribution in [3.8, 4) is 0 Å². The van der Waals surface area contributed by atoms with Gasteiger partial charge in [0.15, 0.2) is 0 Å². The van der Waals surface area contributed by atoms with Crippen LogP contribution in [0.5, 0.6) is 0 Å². The summed E-state index contributed by atoms with van der Waals surface area (Å²) in [7, 11) is 2.22. The van der Waals surface area contributed by atoms with Crippen molar-refractivity contribution in [1.82, 2.24) is 9.80 Å². The summed E-state index contributed by atoms with van der Waals surface area (Å²) in [6.45, 7) is 3.29. The molecule has 1 saturated heterocycles. The average Bonchev–Trinajstić information content (AvgIpc) is 3.48. The molecule has 130 valence electrons. The van der Waals surface area contributed by atoms with Crippen LogP contribution in [0.2, 0.25) is 0 Å². The van der Waals surface area contributed by atoms with E-state index in [2.05, 4.69) is 41.1 Å². The standard InChI is InChI=1S/C21H30N2O/c1-22-12-10-17(11-13-22)14-16-2-4-18(5-3-16)15-23(20-8-9-20)21(24)19-6-7-19/h2-5,17,19-20H,6-15H2,1H3. The van der Waals surface area contributed by atoms with E-state index < -0.39 is 0 Å². The van der Waals surface area contributed by atoms with Crippen molar-refractivity contribution in [1.29, 1.82) is 0 Å². The fourth-order valence-electron chi connectivity index (χ4n) is 3.91. The maximum absolute atomic E-state index is 12.5. The highest BCUT2D eigenvalue weighted by Crippen LogP contribution is 2.36. The van der Waals surface area contributed by atoms with Crippen molar-refractivity contribution in [2.75, 3.05) is 20.1 Å². The predicted octanol–water partition coefficient (Wildman–Crippen LogP) is 3.47. The molecule has 3 fully saturated rings. The number of amides is 1. The molecule has 2 aliphatic carbocycles. The van der Waals surface area contributed by atoms with E-state index in [1.807, 2.05) is 0 Å². The molecule has 0 N–H and O–H groups in total. The quantitative estimate of drug-likeness (QED) is 0.799. The third-order valence-corrected chi connectivity index (χ3v) is 5.94. The second-order valence-electron chi connectivity index (χ2n) is 8.24. The SMILES string of the molecule is CN1CCC(Cc2ccc(CN(C(=O)C3CC3)C3CC3)cc2)CC1. The number of benzene rings is 1. The van der Waals surface area contributed by atoms with Crippen LogP contribution in [-0.4, -0.2) is 41.9 Å². The van der Waals surface area contributed by atoms with Crippen LogP contribution in [-0.2, 0) is 17.8 Å². The summed E-state index contributed by atoms with van der Waals surface area (Å²) in [5, 5.41) is 0. The molecule has 0 radical (unpaired) electrons. The summed E-state index contributed by atoms with van der Waals surface area (Å²) in [6, 6.07) is 9.61. The van der Waals surface area contributed by atoms with Gasteiger partial charge in [0.2, 0.25) is 5.91 Å². The monoisotopic (exact) mass is 326 g/mol. The number of likely N-dealkylation sites (tertiary alicyclic amines) is 1. The highest BCUT2D eigenvalue weighted by Gasteiger charge is 2.39. The van der Waals surface area contributed by atoms with Gasteiger partial charge < -0.3 is 9.80 Å². The van der Waals surface area contributed by atoms with Crippen LogP contribution >= 0.6 is 0 Å². The third kappa shape index (κ3) is 4.00. The van der Waals surface area contributed by atoms with Crippen molar-refractivity contribution < 1.29 is 4.79 Å². The number of carbonyl (C=O) groups excluding carboxylic acids is 1. The fourth-order valence-corrected chi connectivity index (χ4v) is 3.91. The predicted molar refractivity (Wildman–Crippen MR) is 96.7 cm³/mol. The maximum atomic E-state index is 12.5. The van der Waals surface area contributed by atoms with Crippen LogP contribution in [0.25, 0.3) is 0 Å². The van der Waals surface area contributed by atoms with Gasteiger partial charge in [0, 0.05) is 18.5 Å². The van der Waals surface area contributed by atoms with Gasteiger partial charge in [-0.1, -0.05) is 24.3 Å². The van der Waals surface area contributed by atoms with E-state index >= 15 is 0 Å². The smallest absolute Gasteiger partial charge is 0.226 e. The molecule has 0 atom stereocenters. The first-order valence-electron chi connectivity index (χ1n) is 9.76. The lowest BCUT2D eigenvalue weighted by Gasteiger charge is -2.29. The number of piperidine rings is 1. The maximum Gasteiger partial charge on any atom is 0.226 e. The summed E-state index contributed by atoms with van der Waals surface area (Å²) < 4.78 is 0. The largest absolute Gasteiger partial charge is 0.335 e. The van der Waals surface area contributed by atoms with E-state index in [0.717, 1.165) is 25.3 Å². The molecule has 3 nitrogen and oxygen atoms in total. The summed E-state index contributed by atoms with van der Waals surface area (Å²) in [4.78, 5) is 17.1. The third-order valence-electron chi connectivity index (χ3n) is 5.94. The Balaban J connectivity index is 1.34. The Hall–Kier alpha value is -1.35. The summed E-state index contributed by atoms with van der Waals surface area (Å²) in [5.41, 5.74) is 2.75. The van der Waals surface area contributed by atoms with Gasteiger partial charge in [0.25, 0.3) is 0 Å². The zero-order chi connectivity index (χ0) is 16.5. The van der Waals surface area contributed by atoms with Gasteiger partial charge >= 0.3 is 0 Å². The average molecular weight is 326 g/mol. The Labute approximate surface area is 146 Å². The first kappa shape index (κ1) is 16.1. The van der Waals surface area contributed by atoms with Gasteiger partial charge in [-0.25, -0.2) is 0 Å². The highest BCUT2D eigenvalue weighted by atomic mass is 16.2. The molecule has 24 heavy (non-hydrogen) atoms. The fraction of sp³-hybridized carbons (Fsp3) is 0.667. The Bertz CT molecular complexity index is 566. The number of hydrogen-bond donors (Lipinski definition) is 0. The zero-order valence-electron chi connectivity index (χ0n) is 14.9. The van der Waals surface area contributed by atoms with Crippen LogP contribution in [0.1, 0.15) is 49.7 Å². The van der Waals surface area contributed by atoms with Crippen LogP contribution in [0.3, 0.4) is 0 Å². The van der Waals surface area contributed by atoms with Crippen LogP contribution in [0.15, 0.2) is 24.3 Å². The molecule has 4 rings (SSSR count). The van der Waals surface area contributed by atoms with Crippen LogP contribution in [0, 0.1) is 11.8 Å². The molecular formula is C21H30N2O. The summed E-state index contributed by atoms with van der Waals surface area (Å²) >= 11 is 0. The second kappa shape index (κ2) is 6.87. The lowest BCUT2D eigenvalue weighted by molar-refractivity contribution is -0.133. The van der Waals surface area contributed by atoms with Crippen molar-refractivity contribution in [2.24, 2.45) is 11.8 Å². The molecule has 2 saturated carbocycles. The number of carbonyl (C=O) groups is 1. The second-order valence-corrected chi connectivity index (χ2v) is 8.24. The summed E-state index contributed by atoms with van der Waals surface area (Å²) in [5.74, 6) is 1.59. The Morgan fingerprint density at radius 2 is 1.62 bits per heavy atom. The molecule has 0 spiro atoms. The van der Waals surface area contributed by atoms with E-state index in [0.29, 0.717) is 17.9 Å². The highest BCUT2D eigenvalue weighted by molar-refractivity contribution is 5.81. The van der Waals surface area contributed by atoms with Crippen molar-refractivity contribution in [2.45, 2.75) is 57.5 Å². The first-order valence-corrected chi connectivity index (χ1v) is 9.76. The number of rotatable bonds is 6. The van der Waals surface area contributed by atoms with E-state index in [1.165, 1.54) is 56.3 Å². The molecule has 0 unspecified atom stereocenters. The molecule has 3 heteroatoms. The molecule has 0 aromatic heterocycles. The number of nitrogens with zero attached hydrogens (tertiary/aromatic N) is 2. The Kier molecular flexibility index (Phi) is 4.62. The molecule has 1 amide bonds. The molecule has 1 aliphatic heterocycles. The van der Waals surface area contributed by atoms with E-state index in [9.17, 15) is 4.79 Å². The lowest BCUT2D eigenvalue weighted by Crippen LogP contribution is -2.33. The number of hydrogen-bond acceptors (Lipinski definition) is 2. The Morgan fingerprint density at radius 1 is 1.00 bits per heavy atom. The van der Waals surface area contributed by atoms with Gasteiger partial charge in [-0.2, -0.15) is 0 Å². The van der Waals surface area contributed by atoms with Gasteiger partial charge in [-0.15, -0.1) is 0 Å². The molecular weight excluding hydrogens is 296 g/mol. The van der Waals surface area contributed by atoms with Crippen LogP contribution < -0.4 is 0 Å². The normalized spacial score (nSPS) is 22.5. The molecule has 3 aliphatic rings. The van der Waals surface area contributed by atoms with Crippen molar-refractivity contribution in [3.05, 3.63) is 35.4 Å². The zero-order valence-corrected chi connectivity index (χ0v) is 14.9. The van der Waals surface area contributed by atoms with E-state index in [-0.39, 0.29) is 0 Å². The minimum Gasteiger partial charge on any atom is -0.335 e. The van der Waals surface area contributed by atoms with E-state index in [4.69, 9.17) is 0 Å². The van der Waals surface area contributed by atoms with Gasteiger partial charge in [-0.05, 0) is 82.1 Å². The Morgan fingerprint density at radius 3 is 2.21 bits per heavy atom. The topological polar surface area (TPSA) is 23.6 Å². The molecule has 0 bridgehead atoms. The molecule has 1 heterocycles. The van der Waals surface area contributed by atoms with Gasteiger partial charge in [0.05, 0.1) is 0 Å². The summed E-state index contributed by atoms with van der Waals surface area (Å²) in [6.07, 6.45) is 8.48. The molecule has 1 aromatic carbocycles. The van der Waals surface area contributed by atoms with Gasteiger partial charge in [-0.3, -0.25) is 4.79 Å². The van der Waals surface area contributed by atoms with Gasteiger partial charge in [0.1, 0.15) is 0 Å². The van der Waals surface area contributed by atoms with Crippen LogP contribution in [0.4, 0.5) is 0 Å². The van der Waals surface area contributed by atoms with Crippen molar-refractivity contribution >= 4 is 5.91 Å². The van der Waals surface area contributed by atoms with E-state index in [1.54, 1.807) is 0 Å². The first-order chi connectivity index (χ1) is 11.7. The minimum absolute atomic E-state index is 0.342. The minimum atomic E-state index is 0.342. The lowest BCUT2D eigenvalue weighted by atomic mass is 9.90.